The molecule has 1 aromatic rings. The maximum atomic E-state index is 6.14. The van der Waals surface area contributed by atoms with E-state index in [2.05, 4.69) is 17.4 Å². The summed E-state index contributed by atoms with van der Waals surface area (Å²) in [4.78, 5) is 0. The second-order valence-corrected chi connectivity index (χ2v) is 6.11. The molecule has 110 valence electrons. The molecule has 1 N–H and O–H groups in total. The molecule has 3 rings (SSSR count). The van der Waals surface area contributed by atoms with E-state index in [1.807, 2.05) is 25.1 Å². The SMILES string of the molecule is CC1(c2ccccc2)OCC(CNC2CCCCC2)O1. The van der Waals surface area contributed by atoms with Crippen LogP contribution in [0.5, 0.6) is 0 Å². The van der Waals surface area contributed by atoms with Gasteiger partial charge in [0.2, 0.25) is 0 Å². The first-order chi connectivity index (χ1) is 9.76. The normalized spacial score (nSPS) is 31.6. The Balaban J connectivity index is 1.51. The predicted molar refractivity (Wildman–Crippen MR) is 79.5 cm³/mol. The Bertz CT molecular complexity index is 416. The summed E-state index contributed by atoms with van der Waals surface area (Å²) >= 11 is 0. The number of hydrogen-bond acceptors (Lipinski definition) is 3. The van der Waals surface area contributed by atoms with Gasteiger partial charge in [-0.15, -0.1) is 0 Å². The molecule has 1 aliphatic heterocycles. The molecule has 1 heterocycles. The lowest BCUT2D eigenvalue weighted by atomic mass is 9.95. The van der Waals surface area contributed by atoms with Crippen LogP contribution in [0.25, 0.3) is 0 Å². The fourth-order valence-electron chi connectivity index (χ4n) is 3.24. The highest BCUT2D eigenvalue weighted by molar-refractivity contribution is 5.20. The summed E-state index contributed by atoms with van der Waals surface area (Å²) in [7, 11) is 0. The van der Waals surface area contributed by atoms with Gasteiger partial charge in [0.15, 0.2) is 5.79 Å². The maximum Gasteiger partial charge on any atom is 0.192 e. The van der Waals surface area contributed by atoms with Crippen LogP contribution < -0.4 is 5.32 Å². The van der Waals surface area contributed by atoms with Crippen molar-refractivity contribution in [3.63, 3.8) is 0 Å². The van der Waals surface area contributed by atoms with E-state index in [0.717, 1.165) is 12.1 Å². The van der Waals surface area contributed by atoms with Crippen molar-refractivity contribution in [1.82, 2.24) is 5.32 Å². The quantitative estimate of drug-likeness (QED) is 0.915. The summed E-state index contributed by atoms with van der Waals surface area (Å²) in [6.45, 7) is 3.58. The first kappa shape index (κ1) is 14.1. The molecular weight excluding hydrogens is 250 g/mol. The molecule has 20 heavy (non-hydrogen) atoms. The Labute approximate surface area is 121 Å². The van der Waals surface area contributed by atoms with Gasteiger partial charge in [0.25, 0.3) is 0 Å². The van der Waals surface area contributed by atoms with Crippen LogP contribution in [0.3, 0.4) is 0 Å². The molecule has 3 heteroatoms. The molecule has 0 aromatic heterocycles. The summed E-state index contributed by atoms with van der Waals surface area (Å²) in [5, 5.41) is 3.65. The van der Waals surface area contributed by atoms with Gasteiger partial charge in [-0.05, 0) is 19.8 Å². The highest BCUT2D eigenvalue weighted by Crippen LogP contribution is 2.33. The van der Waals surface area contributed by atoms with Crippen molar-refractivity contribution in [3.05, 3.63) is 35.9 Å². The highest BCUT2D eigenvalue weighted by Gasteiger charge is 2.38. The van der Waals surface area contributed by atoms with Gasteiger partial charge >= 0.3 is 0 Å². The molecule has 3 nitrogen and oxygen atoms in total. The molecule has 0 bridgehead atoms. The summed E-state index contributed by atoms with van der Waals surface area (Å²) in [5.41, 5.74) is 1.10. The van der Waals surface area contributed by atoms with Crippen molar-refractivity contribution >= 4 is 0 Å². The van der Waals surface area contributed by atoms with Crippen molar-refractivity contribution in [2.75, 3.05) is 13.2 Å². The highest BCUT2D eigenvalue weighted by atomic mass is 16.7. The van der Waals surface area contributed by atoms with E-state index in [-0.39, 0.29) is 6.10 Å². The van der Waals surface area contributed by atoms with E-state index in [4.69, 9.17) is 9.47 Å². The topological polar surface area (TPSA) is 30.5 Å². The number of rotatable bonds is 4. The third-order valence-electron chi connectivity index (χ3n) is 4.47. The van der Waals surface area contributed by atoms with Gasteiger partial charge in [0.1, 0.15) is 0 Å². The van der Waals surface area contributed by atoms with E-state index < -0.39 is 5.79 Å². The smallest absolute Gasteiger partial charge is 0.192 e. The van der Waals surface area contributed by atoms with Gasteiger partial charge in [-0.1, -0.05) is 49.6 Å². The standard InChI is InChI=1S/C17H25NO2/c1-17(14-8-4-2-5-9-14)19-13-16(20-17)12-18-15-10-6-3-7-11-15/h2,4-5,8-9,15-16,18H,3,6-7,10-13H2,1H3. The zero-order valence-electron chi connectivity index (χ0n) is 12.3. The molecule has 0 amide bonds. The predicted octanol–water partition coefficient (Wildman–Crippen LogP) is 3.20. The summed E-state index contributed by atoms with van der Waals surface area (Å²) in [6, 6.07) is 10.9. The zero-order chi connectivity index (χ0) is 13.8. The van der Waals surface area contributed by atoms with E-state index in [1.54, 1.807) is 0 Å². The fraction of sp³-hybridized carbons (Fsp3) is 0.647. The van der Waals surface area contributed by atoms with Gasteiger partial charge in [-0.3, -0.25) is 0 Å². The maximum absolute atomic E-state index is 6.14. The molecule has 0 radical (unpaired) electrons. The number of benzene rings is 1. The van der Waals surface area contributed by atoms with Crippen LogP contribution in [0, 0.1) is 0 Å². The van der Waals surface area contributed by atoms with Crippen LogP contribution >= 0.6 is 0 Å². The number of nitrogens with one attached hydrogen (secondary N) is 1. The minimum atomic E-state index is -0.583. The van der Waals surface area contributed by atoms with E-state index >= 15 is 0 Å². The largest absolute Gasteiger partial charge is 0.343 e. The van der Waals surface area contributed by atoms with E-state index in [9.17, 15) is 0 Å². The van der Waals surface area contributed by atoms with Gasteiger partial charge in [0.05, 0.1) is 12.7 Å². The van der Waals surface area contributed by atoms with Crippen molar-refractivity contribution < 1.29 is 9.47 Å². The van der Waals surface area contributed by atoms with Crippen molar-refractivity contribution in [1.29, 1.82) is 0 Å². The molecule has 2 aliphatic rings. The molecular formula is C17H25NO2. The number of ether oxygens (including phenoxy) is 2. The first-order valence-electron chi connectivity index (χ1n) is 7.87. The fourth-order valence-corrected chi connectivity index (χ4v) is 3.24. The zero-order valence-corrected chi connectivity index (χ0v) is 12.3. The lowest BCUT2D eigenvalue weighted by Gasteiger charge is -2.26. The Morgan fingerprint density at radius 1 is 1.15 bits per heavy atom. The summed E-state index contributed by atoms with van der Waals surface area (Å²) in [6.07, 6.45) is 6.89. The molecule has 1 saturated carbocycles. The van der Waals surface area contributed by atoms with Crippen LogP contribution in [0.15, 0.2) is 30.3 Å². The molecule has 2 atom stereocenters. The van der Waals surface area contributed by atoms with Gasteiger partial charge in [-0.2, -0.15) is 0 Å². The molecule has 1 saturated heterocycles. The Kier molecular flexibility index (Phi) is 4.39. The molecule has 2 unspecified atom stereocenters. The minimum absolute atomic E-state index is 0.155. The van der Waals surface area contributed by atoms with Gasteiger partial charge in [0, 0.05) is 18.2 Å². The Morgan fingerprint density at radius 2 is 1.90 bits per heavy atom. The third-order valence-corrected chi connectivity index (χ3v) is 4.47. The lowest BCUT2D eigenvalue weighted by Crippen LogP contribution is -2.38. The number of hydrogen-bond donors (Lipinski definition) is 1. The molecule has 2 fully saturated rings. The average Bonchev–Trinajstić information content (AvgIpc) is 2.90. The van der Waals surface area contributed by atoms with Crippen LogP contribution in [0.1, 0.15) is 44.6 Å². The van der Waals surface area contributed by atoms with E-state index in [1.165, 1.54) is 32.1 Å². The summed E-state index contributed by atoms with van der Waals surface area (Å²) in [5.74, 6) is -0.583. The van der Waals surface area contributed by atoms with Crippen molar-refractivity contribution in [2.45, 2.75) is 57.0 Å². The Hall–Kier alpha value is -0.900. The van der Waals surface area contributed by atoms with Gasteiger partial charge < -0.3 is 14.8 Å². The lowest BCUT2D eigenvalue weighted by molar-refractivity contribution is -0.161. The van der Waals surface area contributed by atoms with Gasteiger partial charge in [-0.25, -0.2) is 0 Å². The minimum Gasteiger partial charge on any atom is -0.343 e. The monoisotopic (exact) mass is 275 g/mol. The first-order valence-corrected chi connectivity index (χ1v) is 7.87. The summed E-state index contributed by atoms with van der Waals surface area (Å²) < 4.78 is 12.1. The Morgan fingerprint density at radius 3 is 2.65 bits per heavy atom. The van der Waals surface area contributed by atoms with Crippen LogP contribution in [0.2, 0.25) is 0 Å². The van der Waals surface area contributed by atoms with Crippen LogP contribution in [0.4, 0.5) is 0 Å². The molecule has 0 spiro atoms. The van der Waals surface area contributed by atoms with Crippen LogP contribution in [-0.4, -0.2) is 25.3 Å². The van der Waals surface area contributed by atoms with Crippen molar-refractivity contribution in [2.24, 2.45) is 0 Å². The third kappa shape index (κ3) is 3.22. The van der Waals surface area contributed by atoms with E-state index in [0.29, 0.717) is 12.6 Å². The van der Waals surface area contributed by atoms with Crippen LogP contribution in [-0.2, 0) is 15.3 Å². The second-order valence-electron chi connectivity index (χ2n) is 6.11. The average molecular weight is 275 g/mol. The van der Waals surface area contributed by atoms with Crippen molar-refractivity contribution in [3.8, 4) is 0 Å². The molecule has 1 aromatic carbocycles. The second kappa shape index (κ2) is 6.25. The molecule has 1 aliphatic carbocycles.